The normalized spacial score (nSPS) is 28.9. The van der Waals surface area contributed by atoms with Gasteiger partial charge in [-0.25, -0.2) is 9.78 Å². The highest BCUT2D eigenvalue weighted by Crippen LogP contribution is 2.19. The van der Waals surface area contributed by atoms with E-state index in [0.717, 1.165) is 11.8 Å². The van der Waals surface area contributed by atoms with Gasteiger partial charge in [-0.1, -0.05) is 50.6 Å². The summed E-state index contributed by atoms with van der Waals surface area (Å²) in [4.78, 5) is 53.7. The number of aliphatic hydroxyl groups excluding tert-OH is 1. The van der Waals surface area contributed by atoms with Crippen molar-refractivity contribution in [1.82, 2.24) is 15.6 Å². The summed E-state index contributed by atoms with van der Waals surface area (Å²) in [6.07, 6.45) is 7.27. The van der Waals surface area contributed by atoms with Crippen LogP contribution < -0.4 is 10.6 Å². The predicted molar refractivity (Wildman–Crippen MR) is 132 cm³/mol. The summed E-state index contributed by atoms with van der Waals surface area (Å²) >= 11 is 0. The molecule has 196 valence electrons. The lowest BCUT2D eigenvalue weighted by Crippen LogP contribution is -2.42. The zero-order chi connectivity index (χ0) is 26.8. The Morgan fingerprint density at radius 1 is 1.14 bits per heavy atom. The maximum atomic E-state index is 12.7. The van der Waals surface area contributed by atoms with Crippen molar-refractivity contribution in [3.8, 4) is 0 Å². The summed E-state index contributed by atoms with van der Waals surface area (Å²) in [6, 6.07) is -0.974. The molecule has 1 aliphatic rings. The number of nitrogens with zero attached hydrogens (tertiary/aromatic N) is 1. The Hall–Kier alpha value is -3.53. The quantitative estimate of drug-likeness (QED) is 0.495. The third-order valence-corrected chi connectivity index (χ3v) is 5.48. The van der Waals surface area contributed by atoms with Gasteiger partial charge in [0.15, 0.2) is 5.69 Å². The van der Waals surface area contributed by atoms with E-state index in [2.05, 4.69) is 15.6 Å². The molecule has 1 aromatic heterocycles. The third-order valence-electron chi connectivity index (χ3n) is 5.48. The molecule has 0 aromatic carbocycles. The monoisotopic (exact) mass is 501 g/mol. The number of aliphatic hydroxyl groups is 1. The molecule has 10 nitrogen and oxygen atoms in total. The standard InChI is InChI=1S/C26H35N3O7/c1-15(2)24-17(4)8-9-22(32)27-10-6-7-16(3)11-19(30)12-20(31)13-23-29-21(14-35-23)25(33)28-18(5)26(34)36-24/h6-9,11,14-15,17-19,24,30H,10,12-13H2,1-5H3,(H,27,32)(H,28,33)/b7-6+,9-8+,16-11+/t17-,18+,19-,24-/m1/s1. The van der Waals surface area contributed by atoms with Crippen LogP contribution in [0.3, 0.4) is 0 Å². The Morgan fingerprint density at radius 3 is 2.56 bits per heavy atom. The van der Waals surface area contributed by atoms with E-state index in [1.54, 1.807) is 25.2 Å². The molecule has 1 aromatic rings. The molecule has 0 saturated heterocycles. The smallest absolute Gasteiger partial charge is 0.328 e. The lowest BCUT2D eigenvalue weighted by Gasteiger charge is -2.27. The van der Waals surface area contributed by atoms with E-state index in [-0.39, 0.29) is 54.5 Å². The number of amides is 2. The van der Waals surface area contributed by atoms with Crippen LogP contribution in [0.25, 0.3) is 0 Å². The van der Waals surface area contributed by atoms with Crippen molar-refractivity contribution in [3.05, 3.63) is 53.8 Å². The number of Topliss-reactive ketones (excluding diaryl/α,β-unsaturated/α-hetero) is 1. The van der Waals surface area contributed by atoms with Crippen LogP contribution >= 0.6 is 0 Å². The molecule has 0 radical (unpaired) electrons. The van der Waals surface area contributed by atoms with E-state index in [4.69, 9.17) is 9.15 Å². The van der Waals surface area contributed by atoms with E-state index in [0.29, 0.717) is 0 Å². The Kier molecular flexibility index (Phi) is 10.8. The molecule has 2 rings (SSSR count). The largest absolute Gasteiger partial charge is 0.460 e. The van der Waals surface area contributed by atoms with E-state index in [1.165, 1.54) is 19.1 Å². The first-order valence-corrected chi connectivity index (χ1v) is 11.9. The number of allylic oxidation sites excluding steroid dienone is 2. The number of aromatic nitrogens is 1. The van der Waals surface area contributed by atoms with E-state index in [1.807, 2.05) is 20.8 Å². The Balaban J connectivity index is 2.25. The number of cyclic esters (lactones) is 1. The van der Waals surface area contributed by atoms with Crippen LogP contribution in [-0.2, 0) is 25.5 Å². The molecule has 2 amide bonds. The molecule has 3 N–H and O–H groups in total. The van der Waals surface area contributed by atoms with Crippen molar-refractivity contribution >= 4 is 23.6 Å². The summed E-state index contributed by atoms with van der Waals surface area (Å²) in [5, 5.41) is 15.4. The molecule has 0 saturated carbocycles. The van der Waals surface area contributed by atoms with Gasteiger partial charge in [0, 0.05) is 18.9 Å². The van der Waals surface area contributed by atoms with Gasteiger partial charge in [-0.15, -0.1) is 0 Å². The van der Waals surface area contributed by atoms with Crippen LogP contribution in [-0.4, -0.2) is 58.5 Å². The fourth-order valence-corrected chi connectivity index (χ4v) is 3.62. The molecular formula is C26H35N3O7. The number of hydrogen-bond acceptors (Lipinski definition) is 8. The van der Waals surface area contributed by atoms with E-state index in [9.17, 15) is 24.3 Å². The number of ketones is 1. The van der Waals surface area contributed by atoms with Crippen LogP contribution in [0.2, 0.25) is 0 Å². The van der Waals surface area contributed by atoms with Crippen molar-refractivity contribution in [2.75, 3.05) is 6.54 Å². The fourth-order valence-electron chi connectivity index (χ4n) is 3.62. The maximum absolute atomic E-state index is 12.7. The molecule has 10 heteroatoms. The highest BCUT2D eigenvalue weighted by Gasteiger charge is 2.28. The molecule has 1 aliphatic heterocycles. The van der Waals surface area contributed by atoms with Gasteiger partial charge in [0.05, 0.1) is 12.5 Å². The Bertz CT molecular complexity index is 1040. The van der Waals surface area contributed by atoms with Gasteiger partial charge in [0.1, 0.15) is 24.2 Å². The molecule has 2 bridgehead atoms. The Morgan fingerprint density at radius 2 is 1.86 bits per heavy atom. The minimum atomic E-state index is -1.01. The van der Waals surface area contributed by atoms with Crippen molar-refractivity contribution in [3.63, 3.8) is 0 Å². The highest BCUT2D eigenvalue weighted by atomic mass is 16.5. The fraction of sp³-hybridized carbons (Fsp3) is 0.500. The topological polar surface area (TPSA) is 148 Å². The summed E-state index contributed by atoms with van der Waals surface area (Å²) in [6.45, 7) is 9.15. The van der Waals surface area contributed by atoms with Crippen LogP contribution in [0.15, 0.2) is 46.6 Å². The molecule has 4 atom stereocenters. The zero-order valence-corrected chi connectivity index (χ0v) is 21.3. The van der Waals surface area contributed by atoms with E-state index >= 15 is 0 Å². The number of fused-ring (bicyclic) bond motifs is 2. The number of rotatable bonds is 1. The average Bonchev–Trinajstić information content (AvgIpc) is 3.25. The second-order valence-corrected chi connectivity index (χ2v) is 9.23. The summed E-state index contributed by atoms with van der Waals surface area (Å²) < 4.78 is 10.9. The van der Waals surface area contributed by atoms with Gasteiger partial charge in [0.2, 0.25) is 11.8 Å². The molecular weight excluding hydrogens is 466 g/mol. The average molecular weight is 502 g/mol. The molecule has 0 aliphatic carbocycles. The highest BCUT2D eigenvalue weighted by molar-refractivity contribution is 5.95. The summed E-state index contributed by atoms with van der Waals surface area (Å²) in [5.41, 5.74) is 0.637. The van der Waals surface area contributed by atoms with Gasteiger partial charge < -0.3 is 24.9 Å². The molecule has 36 heavy (non-hydrogen) atoms. The summed E-state index contributed by atoms with van der Waals surface area (Å²) in [7, 11) is 0. The number of carbonyl (C=O) groups excluding carboxylic acids is 4. The second-order valence-electron chi connectivity index (χ2n) is 9.23. The van der Waals surface area contributed by atoms with Crippen LogP contribution in [0.4, 0.5) is 0 Å². The molecule has 2 heterocycles. The van der Waals surface area contributed by atoms with Crippen LogP contribution in [0.5, 0.6) is 0 Å². The number of hydrogen-bond donors (Lipinski definition) is 3. The summed E-state index contributed by atoms with van der Waals surface area (Å²) in [5.74, 6) is -2.20. The number of ether oxygens (including phenoxy) is 1. The van der Waals surface area contributed by atoms with Crippen LogP contribution in [0.1, 0.15) is 57.4 Å². The van der Waals surface area contributed by atoms with Gasteiger partial charge >= 0.3 is 5.97 Å². The SMILES string of the molecule is CC1=C\[C@@H](O)CC(=O)Cc2nc(co2)C(=O)N[C@@H](C)C(=O)O[C@H](C(C)C)[C@H](C)/C=C/C(=O)NC\C=C\1. The number of esters is 1. The third kappa shape index (κ3) is 9.26. The molecule has 0 fully saturated rings. The predicted octanol–water partition coefficient (Wildman–Crippen LogP) is 2.05. The number of oxazole rings is 1. The first-order chi connectivity index (χ1) is 17.0. The Labute approximate surface area is 210 Å². The van der Waals surface area contributed by atoms with E-state index < -0.39 is 30.1 Å². The van der Waals surface area contributed by atoms with Gasteiger partial charge in [-0.3, -0.25) is 14.4 Å². The van der Waals surface area contributed by atoms with Gasteiger partial charge in [-0.2, -0.15) is 0 Å². The lowest BCUT2D eigenvalue weighted by molar-refractivity contribution is -0.155. The minimum absolute atomic E-state index is 0.0304. The van der Waals surface area contributed by atoms with Crippen molar-refractivity contribution in [2.45, 2.75) is 65.7 Å². The van der Waals surface area contributed by atoms with Crippen molar-refractivity contribution < 1.29 is 33.4 Å². The molecule has 0 unspecified atom stereocenters. The van der Waals surface area contributed by atoms with Crippen molar-refractivity contribution in [2.24, 2.45) is 11.8 Å². The zero-order valence-electron chi connectivity index (χ0n) is 21.3. The lowest BCUT2D eigenvalue weighted by atomic mass is 9.94. The van der Waals surface area contributed by atoms with Crippen LogP contribution in [0, 0.1) is 11.8 Å². The number of nitrogens with one attached hydrogen (secondary N) is 2. The molecule has 0 spiro atoms. The maximum Gasteiger partial charge on any atom is 0.328 e. The van der Waals surface area contributed by atoms with Gasteiger partial charge in [-0.05, 0) is 25.8 Å². The first-order valence-electron chi connectivity index (χ1n) is 11.9. The number of carbonyl (C=O) groups is 4. The minimum Gasteiger partial charge on any atom is -0.460 e. The van der Waals surface area contributed by atoms with Crippen molar-refractivity contribution in [1.29, 1.82) is 0 Å². The second kappa shape index (κ2) is 13.5. The first kappa shape index (κ1) is 28.7. The van der Waals surface area contributed by atoms with Gasteiger partial charge in [0.25, 0.3) is 5.91 Å².